The van der Waals surface area contributed by atoms with E-state index in [2.05, 4.69) is 20.0 Å². The maximum absolute atomic E-state index is 12.2. The molecule has 0 aliphatic carbocycles. The molecule has 25 heavy (non-hydrogen) atoms. The van der Waals surface area contributed by atoms with Gasteiger partial charge in [-0.1, -0.05) is 13.0 Å². The molecule has 2 rings (SSSR count). The van der Waals surface area contributed by atoms with E-state index < -0.39 is 12.8 Å². The Morgan fingerprint density at radius 1 is 1.44 bits per heavy atom. The molecule has 1 unspecified atom stereocenters. The number of hydrogen-bond donors (Lipinski definition) is 1. The van der Waals surface area contributed by atoms with Gasteiger partial charge in [-0.2, -0.15) is 13.2 Å². The topological polar surface area (TPSA) is 66.8 Å². The van der Waals surface area contributed by atoms with Crippen molar-refractivity contribution in [2.24, 2.45) is 4.99 Å². The molecule has 0 aromatic carbocycles. The van der Waals surface area contributed by atoms with Gasteiger partial charge in [0.1, 0.15) is 12.5 Å². The molecule has 1 N–H and O–H groups in total. The van der Waals surface area contributed by atoms with Crippen LogP contribution in [0.5, 0.6) is 5.88 Å². The number of allylic oxidation sites excluding steroid dienone is 1. The fourth-order valence-electron chi connectivity index (χ4n) is 2.17. The lowest BCUT2D eigenvalue weighted by molar-refractivity contribution is -0.154. The lowest BCUT2D eigenvalue weighted by atomic mass is 10.1. The Morgan fingerprint density at radius 2 is 2.20 bits per heavy atom. The average Bonchev–Trinajstić information content (AvgIpc) is 2.59. The second kappa shape index (κ2) is 8.00. The number of aliphatic imine (C=N–C) groups is 1. The van der Waals surface area contributed by atoms with Crippen molar-refractivity contribution in [3.8, 4) is 5.88 Å². The zero-order valence-electron chi connectivity index (χ0n) is 13.9. The normalized spacial score (nSPS) is 15.6. The van der Waals surface area contributed by atoms with Crippen molar-refractivity contribution in [1.82, 2.24) is 15.2 Å². The van der Waals surface area contributed by atoms with E-state index in [0.29, 0.717) is 18.9 Å². The number of rotatable bonds is 6. The van der Waals surface area contributed by atoms with Gasteiger partial charge < -0.3 is 15.0 Å². The van der Waals surface area contributed by atoms with Crippen molar-refractivity contribution in [2.75, 3.05) is 13.3 Å². The SMILES string of the molecule is CCC(=O)NC1=CC=NCN1C(C)c1ccc(OCC(F)(F)F)nc1. The number of halogens is 3. The van der Waals surface area contributed by atoms with E-state index >= 15 is 0 Å². The van der Waals surface area contributed by atoms with E-state index in [1.807, 2.05) is 11.8 Å². The van der Waals surface area contributed by atoms with Crippen molar-refractivity contribution in [1.29, 1.82) is 0 Å². The molecule has 1 aliphatic heterocycles. The molecular weight excluding hydrogens is 337 g/mol. The van der Waals surface area contributed by atoms with Crippen LogP contribution >= 0.6 is 0 Å². The van der Waals surface area contributed by atoms with E-state index in [4.69, 9.17) is 0 Å². The Bertz CT molecular complexity index is 656. The number of hydrogen-bond acceptors (Lipinski definition) is 5. The Hall–Kier alpha value is -2.58. The van der Waals surface area contributed by atoms with Gasteiger partial charge in [0, 0.05) is 24.9 Å². The monoisotopic (exact) mass is 356 g/mol. The molecule has 1 amide bonds. The van der Waals surface area contributed by atoms with Crippen LogP contribution in [0.15, 0.2) is 35.2 Å². The van der Waals surface area contributed by atoms with Gasteiger partial charge in [0.15, 0.2) is 6.61 Å². The summed E-state index contributed by atoms with van der Waals surface area (Å²) in [4.78, 5) is 21.6. The summed E-state index contributed by atoms with van der Waals surface area (Å²) < 4.78 is 41.1. The van der Waals surface area contributed by atoms with Gasteiger partial charge in [0.05, 0.1) is 6.04 Å². The van der Waals surface area contributed by atoms with Crippen LogP contribution in [0.3, 0.4) is 0 Å². The fraction of sp³-hybridized carbons (Fsp3) is 0.438. The zero-order chi connectivity index (χ0) is 18.4. The smallest absolute Gasteiger partial charge is 0.422 e. The van der Waals surface area contributed by atoms with Crippen molar-refractivity contribution in [3.63, 3.8) is 0 Å². The first kappa shape index (κ1) is 18.8. The minimum atomic E-state index is -4.41. The van der Waals surface area contributed by atoms with Crippen molar-refractivity contribution in [3.05, 3.63) is 35.8 Å². The van der Waals surface area contributed by atoms with E-state index in [0.717, 1.165) is 5.56 Å². The maximum atomic E-state index is 12.2. The molecule has 0 saturated heterocycles. The summed E-state index contributed by atoms with van der Waals surface area (Å²) in [5.74, 6) is 0.402. The summed E-state index contributed by atoms with van der Waals surface area (Å²) in [6.45, 7) is 2.61. The van der Waals surface area contributed by atoms with Crippen LogP contribution in [0.1, 0.15) is 31.9 Å². The molecule has 2 heterocycles. The quantitative estimate of drug-likeness (QED) is 0.851. The minimum absolute atomic E-state index is 0.0972. The summed E-state index contributed by atoms with van der Waals surface area (Å²) in [6, 6.07) is 2.84. The van der Waals surface area contributed by atoms with Crippen LogP contribution in [0.2, 0.25) is 0 Å². The Kier molecular flexibility index (Phi) is 6.00. The first-order valence-electron chi connectivity index (χ1n) is 7.72. The second-order valence-electron chi connectivity index (χ2n) is 5.41. The molecule has 0 fully saturated rings. The number of carbonyl (C=O) groups excluding carboxylic acids is 1. The highest BCUT2D eigenvalue weighted by Crippen LogP contribution is 2.25. The zero-order valence-corrected chi connectivity index (χ0v) is 13.9. The molecule has 1 aliphatic rings. The molecule has 0 saturated carbocycles. The lowest BCUT2D eigenvalue weighted by Gasteiger charge is -2.33. The second-order valence-corrected chi connectivity index (χ2v) is 5.41. The predicted octanol–water partition coefficient (Wildman–Crippen LogP) is 2.80. The fourth-order valence-corrected chi connectivity index (χ4v) is 2.17. The van der Waals surface area contributed by atoms with Crippen LogP contribution in [0, 0.1) is 0 Å². The number of amides is 1. The molecular formula is C16H19F3N4O2. The minimum Gasteiger partial charge on any atom is -0.468 e. The lowest BCUT2D eigenvalue weighted by Crippen LogP contribution is -2.38. The molecule has 0 radical (unpaired) electrons. The molecule has 1 atom stereocenters. The highest BCUT2D eigenvalue weighted by molar-refractivity contribution is 5.80. The van der Waals surface area contributed by atoms with Gasteiger partial charge in [-0.05, 0) is 18.6 Å². The predicted molar refractivity (Wildman–Crippen MR) is 85.9 cm³/mol. The summed E-state index contributed by atoms with van der Waals surface area (Å²) >= 11 is 0. The Morgan fingerprint density at radius 3 is 2.80 bits per heavy atom. The Labute approximate surface area is 143 Å². The number of pyridine rings is 1. The number of ether oxygens (including phenoxy) is 1. The third kappa shape index (κ3) is 5.47. The highest BCUT2D eigenvalue weighted by atomic mass is 19.4. The van der Waals surface area contributed by atoms with Gasteiger partial charge >= 0.3 is 6.18 Å². The molecule has 136 valence electrons. The standard InChI is InChI=1S/C16H19F3N4O2/c1-3-14(24)22-13-6-7-20-10-23(13)11(2)12-4-5-15(21-8-12)25-9-16(17,18)19/h4-8,11H,3,9-10H2,1-2H3,(H,22,24). The van der Waals surface area contributed by atoms with Crippen molar-refractivity contribution < 1.29 is 22.7 Å². The number of aromatic nitrogens is 1. The summed E-state index contributed by atoms with van der Waals surface area (Å²) in [5, 5.41) is 2.80. The van der Waals surface area contributed by atoms with Crippen LogP contribution in [0.4, 0.5) is 13.2 Å². The number of alkyl halides is 3. The van der Waals surface area contributed by atoms with Crippen molar-refractivity contribution in [2.45, 2.75) is 32.5 Å². The first-order valence-corrected chi connectivity index (χ1v) is 7.72. The number of nitrogens with one attached hydrogen (secondary N) is 1. The third-order valence-corrected chi connectivity index (χ3v) is 3.56. The van der Waals surface area contributed by atoms with Gasteiger partial charge in [-0.25, -0.2) is 4.98 Å². The van der Waals surface area contributed by atoms with E-state index in [9.17, 15) is 18.0 Å². The van der Waals surface area contributed by atoms with E-state index in [-0.39, 0.29) is 17.8 Å². The average molecular weight is 356 g/mol. The van der Waals surface area contributed by atoms with E-state index in [1.54, 1.807) is 25.3 Å². The number of carbonyl (C=O) groups is 1. The molecule has 0 spiro atoms. The molecule has 6 nitrogen and oxygen atoms in total. The van der Waals surface area contributed by atoms with Gasteiger partial charge in [-0.15, -0.1) is 0 Å². The number of nitrogens with zero attached hydrogens (tertiary/aromatic N) is 3. The van der Waals surface area contributed by atoms with Gasteiger partial charge in [0.2, 0.25) is 11.8 Å². The maximum Gasteiger partial charge on any atom is 0.422 e. The van der Waals surface area contributed by atoms with Crippen LogP contribution in [-0.4, -0.2) is 41.5 Å². The molecule has 1 aromatic heterocycles. The summed E-state index contributed by atoms with van der Waals surface area (Å²) in [5.41, 5.74) is 0.758. The molecule has 1 aromatic rings. The van der Waals surface area contributed by atoms with Crippen LogP contribution in [0.25, 0.3) is 0 Å². The highest BCUT2D eigenvalue weighted by Gasteiger charge is 2.28. The largest absolute Gasteiger partial charge is 0.468 e. The van der Waals surface area contributed by atoms with Gasteiger partial charge in [-0.3, -0.25) is 9.79 Å². The van der Waals surface area contributed by atoms with Gasteiger partial charge in [0.25, 0.3) is 0 Å². The molecule has 0 bridgehead atoms. The third-order valence-electron chi connectivity index (χ3n) is 3.56. The van der Waals surface area contributed by atoms with Crippen molar-refractivity contribution >= 4 is 12.1 Å². The first-order chi connectivity index (χ1) is 11.8. The van der Waals surface area contributed by atoms with Crippen LogP contribution in [-0.2, 0) is 4.79 Å². The van der Waals surface area contributed by atoms with E-state index in [1.165, 1.54) is 12.3 Å². The Balaban J connectivity index is 2.06. The van der Waals surface area contributed by atoms with Crippen LogP contribution < -0.4 is 10.1 Å². The summed E-state index contributed by atoms with van der Waals surface area (Å²) in [6.07, 6.45) is 0.705. The molecule has 9 heteroatoms. The summed E-state index contributed by atoms with van der Waals surface area (Å²) in [7, 11) is 0.